The number of hydrogen-bond acceptors (Lipinski definition) is 3. The number of alkyl halides is 3. The zero-order chi connectivity index (χ0) is 24.1. The standard InChI is InChI=1S/C18H23F3O3.C7H7F/c1-4-14(11-13(2)24-17(22)9-10-23-3)12-15-5-7-16(8-6-15)18(19,20)21;1-6-2-4-7(8)5-3-6/h4-8,13-14H,1,9-12H2,2-3H3;2-5H,1H3. The Morgan fingerprint density at radius 1 is 1.09 bits per heavy atom. The quantitative estimate of drug-likeness (QED) is 0.245. The molecule has 3 nitrogen and oxygen atoms in total. The molecule has 0 radical (unpaired) electrons. The minimum atomic E-state index is -4.33. The van der Waals surface area contributed by atoms with E-state index in [0.29, 0.717) is 19.4 Å². The first-order chi connectivity index (χ1) is 15.0. The molecule has 0 aliphatic rings. The van der Waals surface area contributed by atoms with Crippen LogP contribution in [-0.4, -0.2) is 25.8 Å². The average molecular weight is 455 g/mol. The Morgan fingerprint density at radius 3 is 2.16 bits per heavy atom. The van der Waals surface area contributed by atoms with Crippen LogP contribution in [0.1, 0.15) is 36.5 Å². The largest absolute Gasteiger partial charge is 0.463 e. The van der Waals surface area contributed by atoms with Crippen LogP contribution in [0.4, 0.5) is 17.6 Å². The van der Waals surface area contributed by atoms with Gasteiger partial charge in [-0.2, -0.15) is 13.2 Å². The highest BCUT2D eigenvalue weighted by Crippen LogP contribution is 2.29. The Kier molecular flexibility index (Phi) is 11.7. The predicted molar refractivity (Wildman–Crippen MR) is 117 cm³/mol. The molecular weight excluding hydrogens is 424 g/mol. The molecule has 2 unspecified atom stereocenters. The normalized spacial score (nSPS) is 12.8. The van der Waals surface area contributed by atoms with Crippen LogP contribution in [0.3, 0.4) is 0 Å². The lowest BCUT2D eigenvalue weighted by molar-refractivity contribution is -0.149. The molecule has 2 atom stereocenters. The van der Waals surface area contributed by atoms with Gasteiger partial charge in [0.25, 0.3) is 0 Å². The molecule has 7 heteroatoms. The minimum absolute atomic E-state index is 0.00645. The summed E-state index contributed by atoms with van der Waals surface area (Å²) in [6.07, 6.45) is -1.60. The minimum Gasteiger partial charge on any atom is -0.463 e. The van der Waals surface area contributed by atoms with Crippen molar-refractivity contribution in [2.75, 3.05) is 13.7 Å². The Hall–Kier alpha value is -2.67. The average Bonchev–Trinajstić information content (AvgIpc) is 2.74. The number of esters is 1. The number of methoxy groups -OCH3 is 1. The van der Waals surface area contributed by atoms with Gasteiger partial charge in [-0.3, -0.25) is 4.79 Å². The van der Waals surface area contributed by atoms with Crippen molar-refractivity contribution in [3.8, 4) is 0 Å². The molecular formula is C25H30F4O3. The van der Waals surface area contributed by atoms with Crippen LogP contribution >= 0.6 is 0 Å². The van der Waals surface area contributed by atoms with Gasteiger partial charge in [-0.05, 0) is 62.4 Å². The molecule has 0 spiro atoms. The first-order valence-corrected chi connectivity index (χ1v) is 10.2. The molecule has 32 heavy (non-hydrogen) atoms. The van der Waals surface area contributed by atoms with Crippen LogP contribution in [-0.2, 0) is 26.9 Å². The number of halogens is 4. The molecule has 0 saturated carbocycles. The molecule has 0 aliphatic heterocycles. The second kappa shape index (κ2) is 13.7. The molecule has 0 N–H and O–H groups in total. The number of carbonyl (C=O) groups excluding carboxylic acids is 1. The van der Waals surface area contributed by atoms with Gasteiger partial charge in [0, 0.05) is 7.11 Å². The van der Waals surface area contributed by atoms with Crippen molar-refractivity contribution in [1.29, 1.82) is 0 Å². The first-order valence-electron chi connectivity index (χ1n) is 10.2. The second-order valence-corrected chi connectivity index (χ2v) is 7.47. The molecule has 0 amide bonds. The molecule has 2 rings (SSSR count). The van der Waals surface area contributed by atoms with E-state index < -0.39 is 11.7 Å². The third-order valence-corrected chi connectivity index (χ3v) is 4.60. The molecule has 0 heterocycles. The topological polar surface area (TPSA) is 35.5 Å². The zero-order valence-electron chi connectivity index (χ0n) is 18.6. The number of rotatable bonds is 9. The van der Waals surface area contributed by atoms with Crippen LogP contribution in [0.15, 0.2) is 61.2 Å². The van der Waals surface area contributed by atoms with Crippen LogP contribution in [0.2, 0.25) is 0 Å². The Labute approximate surface area is 187 Å². The third kappa shape index (κ3) is 11.1. The number of hydrogen-bond donors (Lipinski definition) is 0. The smallest absolute Gasteiger partial charge is 0.416 e. The Morgan fingerprint density at radius 2 is 1.69 bits per heavy atom. The summed E-state index contributed by atoms with van der Waals surface area (Å²) in [6, 6.07) is 11.5. The van der Waals surface area contributed by atoms with Crippen LogP contribution < -0.4 is 0 Å². The van der Waals surface area contributed by atoms with E-state index in [1.54, 1.807) is 25.1 Å². The van der Waals surface area contributed by atoms with Crippen molar-refractivity contribution in [3.63, 3.8) is 0 Å². The fourth-order valence-electron chi connectivity index (χ4n) is 2.87. The van der Waals surface area contributed by atoms with Gasteiger partial charge in [0.15, 0.2) is 0 Å². The summed E-state index contributed by atoms with van der Waals surface area (Å²) >= 11 is 0. The van der Waals surface area contributed by atoms with Crippen molar-refractivity contribution >= 4 is 5.97 Å². The van der Waals surface area contributed by atoms with E-state index in [-0.39, 0.29) is 30.2 Å². The maximum atomic E-state index is 12.6. The molecule has 0 bridgehead atoms. The lowest BCUT2D eigenvalue weighted by atomic mass is 9.93. The van der Waals surface area contributed by atoms with Gasteiger partial charge in [-0.1, -0.05) is 35.9 Å². The third-order valence-electron chi connectivity index (χ3n) is 4.60. The summed E-state index contributed by atoms with van der Waals surface area (Å²) in [5.74, 6) is -0.496. The Balaban J connectivity index is 0.000000533. The van der Waals surface area contributed by atoms with Crippen molar-refractivity contribution in [1.82, 2.24) is 0 Å². The van der Waals surface area contributed by atoms with E-state index in [0.717, 1.165) is 23.3 Å². The van der Waals surface area contributed by atoms with Crippen LogP contribution in [0, 0.1) is 18.7 Å². The van der Waals surface area contributed by atoms with E-state index >= 15 is 0 Å². The first kappa shape index (κ1) is 27.4. The van der Waals surface area contributed by atoms with Gasteiger partial charge in [-0.25, -0.2) is 4.39 Å². The lowest BCUT2D eigenvalue weighted by Gasteiger charge is -2.19. The number of carbonyl (C=O) groups is 1. The van der Waals surface area contributed by atoms with Crippen LogP contribution in [0.5, 0.6) is 0 Å². The summed E-state index contributed by atoms with van der Waals surface area (Å²) in [4.78, 5) is 11.5. The summed E-state index contributed by atoms with van der Waals surface area (Å²) in [5, 5.41) is 0. The van der Waals surface area contributed by atoms with E-state index in [4.69, 9.17) is 9.47 Å². The maximum Gasteiger partial charge on any atom is 0.416 e. The summed E-state index contributed by atoms with van der Waals surface area (Å²) in [7, 11) is 1.51. The highest BCUT2D eigenvalue weighted by atomic mass is 19.4. The number of aryl methyl sites for hydroxylation is 1. The maximum absolute atomic E-state index is 12.6. The van der Waals surface area contributed by atoms with Crippen molar-refractivity contribution < 1.29 is 31.8 Å². The Bertz CT molecular complexity index is 794. The van der Waals surface area contributed by atoms with Crippen molar-refractivity contribution in [3.05, 3.63) is 83.7 Å². The number of ether oxygens (including phenoxy) is 2. The molecule has 0 saturated heterocycles. The fourth-order valence-corrected chi connectivity index (χ4v) is 2.87. The van der Waals surface area contributed by atoms with Crippen LogP contribution in [0.25, 0.3) is 0 Å². The van der Waals surface area contributed by atoms with E-state index in [1.807, 2.05) is 6.92 Å². The molecule has 2 aromatic carbocycles. The van der Waals surface area contributed by atoms with Gasteiger partial charge < -0.3 is 9.47 Å². The highest BCUT2D eigenvalue weighted by Gasteiger charge is 2.30. The molecule has 0 aromatic heterocycles. The molecule has 0 aliphatic carbocycles. The fraction of sp³-hybridized carbons (Fsp3) is 0.400. The van der Waals surface area contributed by atoms with E-state index in [9.17, 15) is 22.4 Å². The van der Waals surface area contributed by atoms with Gasteiger partial charge >= 0.3 is 12.1 Å². The van der Waals surface area contributed by atoms with Gasteiger partial charge in [0.1, 0.15) is 5.82 Å². The summed E-state index contributed by atoms with van der Waals surface area (Å²) in [5.41, 5.74) is 1.21. The molecule has 0 fully saturated rings. The molecule has 176 valence electrons. The van der Waals surface area contributed by atoms with Gasteiger partial charge in [0.2, 0.25) is 0 Å². The van der Waals surface area contributed by atoms with Crippen molar-refractivity contribution in [2.45, 2.75) is 45.4 Å². The van der Waals surface area contributed by atoms with E-state index in [1.165, 1.54) is 31.4 Å². The lowest BCUT2D eigenvalue weighted by Crippen LogP contribution is -2.19. The predicted octanol–water partition coefficient (Wildman–Crippen LogP) is 6.54. The monoisotopic (exact) mass is 454 g/mol. The highest BCUT2D eigenvalue weighted by molar-refractivity contribution is 5.69. The van der Waals surface area contributed by atoms with Gasteiger partial charge in [0.05, 0.1) is 24.7 Å². The second-order valence-electron chi connectivity index (χ2n) is 7.47. The summed E-state index contributed by atoms with van der Waals surface area (Å²) < 4.78 is 59.8. The zero-order valence-corrected chi connectivity index (χ0v) is 18.6. The SMILES string of the molecule is C=CC(Cc1ccc(C(F)(F)F)cc1)CC(C)OC(=O)CCOC.Cc1ccc(F)cc1. The van der Waals surface area contributed by atoms with E-state index in [2.05, 4.69) is 6.58 Å². The number of allylic oxidation sites excluding steroid dienone is 1. The molecule has 2 aromatic rings. The van der Waals surface area contributed by atoms with Gasteiger partial charge in [-0.15, -0.1) is 6.58 Å². The summed E-state index contributed by atoms with van der Waals surface area (Å²) in [6.45, 7) is 7.78. The number of benzene rings is 2. The van der Waals surface area contributed by atoms with Crippen molar-refractivity contribution in [2.24, 2.45) is 5.92 Å².